The van der Waals surface area contributed by atoms with Crippen LogP contribution in [-0.2, 0) is 0 Å². The monoisotopic (exact) mass is 512 g/mol. The number of carbonyl (C=O) groups is 1. The van der Waals surface area contributed by atoms with E-state index in [1.165, 1.54) is 23.7 Å². The van der Waals surface area contributed by atoms with Crippen molar-refractivity contribution >= 4 is 51.3 Å². The summed E-state index contributed by atoms with van der Waals surface area (Å²) in [5.74, 6) is 0.866. The van der Waals surface area contributed by atoms with E-state index in [4.69, 9.17) is 21.1 Å². The number of nitrogens with one attached hydrogen (secondary N) is 1. The van der Waals surface area contributed by atoms with Crippen LogP contribution in [0.5, 0.6) is 11.5 Å². The number of rotatable bonds is 6. The number of nitrogens with zero attached hydrogens (tertiary/aromatic N) is 3. The number of ether oxygens (including phenoxy) is 2. The molecule has 35 heavy (non-hydrogen) atoms. The third-order valence-corrected chi connectivity index (χ3v) is 6.97. The van der Waals surface area contributed by atoms with Crippen molar-refractivity contribution in [1.29, 1.82) is 0 Å². The van der Waals surface area contributed by atoms with Crippen LogP contribution in [0.25, 0.3) is 10.9 Å². The van der Waals surface area contributed by atoms with Crippen molar-refractivity contribution < 1.29 is 18.7 Å². The Hall–Kier alpha value is -3.43. The molecule has 2 aromatic heterocycles. The Bertz CT molecular complexity index is 1370. The zero-order valence-electron chi connectivity index (χ0n) is 18.8. The molecule has 7 nitrogen and oxygen atoms in total. The fourth-order valence-corrected chi connectivity index (χ4v) is 4.96. The fourth-order valence-electron chi connectivity index (χ4n) is 4.10. The van der Waals surface area contributed by atoms with E-state index in [2.05, 4.69) is 15.3 Å². The van der Waals surface area contributed by atoms with Crippen LogP contribution in [-0.4, -0.2) is 47.1 Å². The number of thiophene rings is 1. The fraction of sp³-hybridized carbons (Fsp3) is 0.240. The van der Waals surface area contributed by atoms with Crippen LogP contribution in [0.1, 0.15) is 22.5 Å². The molecule has 1 aliphatic rings. The van der Waals surface area contributed by atoms with Crippen molar-refractivity contribution in [2.24, 2.45) is 0 Å². The second kappa shape index (κ2) is 10.1. The average Bonchev–Trinajstić information content (AvgIpc) is 3.41. The number of carbonyl (C=O) groups excluding carboxylic acids is 1. The van der Waals surface area contributed by atoms with Crippen molar-refractivity contribution in [2.45, 2.75) is 18.9 Å². The molecule has 1 amide bonds. The van der Waals surface area contributed by atoms with Crippen LogP contribution in [0, 0.1) is 5.82 Å². The summed E-state index contributed by atoms with van der Waals surface area (Å²) in [5.41, 5.74) is 0.804. The van der Waals surface area contributed by atoms with Gasteiger partial charge in [-0.25, -0.2) is 14.4 Å². The van der Waals surface area contributed by atoms with Crippen LogP contribution in [0.4, 0.5) is 15.9 Å². The molecular weight excluding hydrogens is 491 g/mol. The summed E-state index contributed by atoms with van der Waals surface area (Å²) in [7, 11) is 1.56. The van der Waals surface area contributed by atoms with E-state index >= 15 is 0 Å². The maximum absolute atomic E-state index is 14.5. The number of hydrogen-bond acceptors (Lipinski definition) is 7. The minimum absolute atomic E-state index is 0.0120. The van der Waals surface area contributed by atoms with E-state index < -0.39 is 5.82 Å². The van der Waals surface area contributed by atoms with Gasteiger partial charge in [-0.15, -0.1) is 11.3 Å². The minimum Gasteiger partial charge on any atom is -0.493 e. The van der Waals surface area contributed by atoms with Crippen molar-refractivity contribution in [1.82, 2.24) is 14.9 Å². The van der Waals surface area contributed by atoms with Gasteiger partial charge in [0.2, 0.25) is 0 Å². The Balaban J connectivity index is 1.43. The zero-order valence-corrected chi connectivity index (χ0v) is 20.4. The lowest BCUT2D eigenvalue weighted by molar-refractivity contribution is 0.0537. The predicted octanol–water partition coefficient (Wildman–Crippen LogP) is 5.92. The molecule has 0 bridgehead atoms. The van der Waals surface area contributed by atoms with Crippen molar-refractivity contribution in [2.75, 3.05) is 25.5 Å². The Kier molecular flexibility index (Phi) is 6.70. The summed E-state index contributed by atoms with van der Waals surface area (Å²) in [6, 6.07) is 12.0. The molecule has 10 heteroatoms. The van der Waals surface area contributed by atoms with Crippen molar-refractivity contribution in [3.05, 3.63) is 69.9 Å². The molecule has 0 aliphatic carbocycles. The van der Waals surface area contributed by atoms with Gasteiger partial charge in [-0.1, -0.05) is 23.7 Å². The highest BCUT2D eigenvalue weighted by Crippen LogP contribution is 2.36. The van der Waals surface area contributed by atoms with Gasteiger partial charge in [0.05, 0.1) is 34.8 Å². The van der Waals surface area contributed by atoms with Gasteiger partial charge in [-0.2, -0.15) is 0 Å². The summed E-state index contributed by atoms with van der Waals surface area (Å²) in [6.45, 7) is 1.17. The number of amides is 1. The van der Waals surface area contributed by atoms with Crippen LogP contribution >= 0.6 is 22.9 Å². The number of benzene rings is 2. The molecule has 1 aliphatic heterocycles. The molecule has 5 rings (SSSR count). The smallest absolute Gasteiger partial charge is 0.264 e. The minimum atomic E-state index is -0.566. The molecule has 0 radical (unpaired) electrons. The molecule has 0 spiro atoms. The third kappa shape index (κ3) is 4.87. The van der Waals surface area contributed by atoms with Gasteiger partial charge >= 0.3 is 0 Å². The van der Waals surface area contributed by atoms with E-state index in [-0.39, 0.29) is 22.7 Å². The van der Waals surface area contributed by atoms with Crippen molar-refractivity contribution in [3.63, 3.8) is 0 Å². The SMILES string of the molecule is COc1cc2ncnc(Nc3cccc(Cl)c3F)c2cc1OC1CCCN(C(=O)c2cccs2)C1. The molecule has 0 saturated carbocycles. The standard InChI is InChI=1S/C25H22ClFN4O3S/c1-33-20-12-19-16(24(29-14-28-19)30-18-7-2-6-17(26)23(18)27)11-21(20)34-15-5-3-9-31(13-15)25(32)22-8-4-10-35-22/h2,4,6-8,10-12,14-15H,3,5,9,13H2,1H3,(H,28,29,30). The summed E-state index contributed by atoms with van der Waals surface area (Å²) in [5, 5.41) is 5.54. The number of likely N-dealkylation sites (tertiary alicyclic amines) is 1. The van der Waals surface area contributed by atoms with Gasteiger partial charge in [-0.3, -0.25) is 4.79 Å². The van der Waals surface area contributed by atoms with Gasteiger partial charge in [0.25, 0.3) is 5.91 Å². The highest BCUT2D eigenvalue weighted by molar-refractivity contribution is 7.12. The Morgan fingerprint density at radius 3 is 2.91 bits per heavy atom. The lowest BCUT2D eigenvalue weighted by Gasteiger charge is -2.33. The number of aromatic nitrogens is 2. The molecule has 1 saturated heterocycles. The number of halogens is 2. The van der Waals surface area contributed by atoms with E-state index in [0.29, 0.717) is 41.3 Å². The number of hydrogen-bond donors (Lipinski definition) is 1. The summed E-state index contributed by atoms with van der Waals surface area (Å²) >= 11 is 7.36. The zero-order chi connectivity index (χ0) is 24.4. The highest BCUT2D eigenvalue weighted by atomic mass is 35.5. The first-order valence-corrected chi connectivity index (χ1v) is 12.3. The second-order valence-corrected chi connectivity index (χ2v) is 9.43. The largest absolute Gasteiger partial charge is 0.493 e. The maximum Gasteiger partial charge on any atom is 0.264 e. The normalized spacial score (nSPS) is 15.7. The summed E-state index contributed by atoms with van der Waals surface area (Å²) in [4.78, 5) is 24.0. The summed E-state index contributed by atoms with van der Waals surface area (Å²) < 4.78 is 26.4. The number of methoxy groups -OCH3 is 1. The topological polar surface area (TPSA) is 76.6 Å². The van der Waals surface area contributed by atoms with Crippen LogP contribution in [0.2, 0.25) is 5.02 Å². The van der Waals surface area contributed by atoms with E-state index in [1.807, 2.05) is 22.4 Å². The first-order valence-electron chi connectivity index (χ1n) is 11.1. The number of piperidine rings is 1. The van der Waals surface area contributed by atoms with Gasteiger partial charge in [0.15, 0.2) is 17.3 Å². The van der Waals surface area contributed by atoms with Gasteiger partial charge < -0.3 is 19.7 Å². The maximum atomic E-state index is 14.5. The molecule has 3 heterocycles. The number of anilines is 2. The lowest BCUT2D eigenvalue weighted by atomic mass is 10.1. The third-order valence-electron chi connectivity index (χ3n) is 5.82. The number of fused-ring (bicyclic) bond motifs is 1. The second-order valence-electron chi connectivity index (χ2n) is 8.08. The molecular formula is C25H22ClFN4O3S. The van der Waals surface area contributed by atoms with Gasteiger partial charge in [0, 0.05) is 18.0 Å². The van der Waals surface area contributed by atoms with E-state index in [0.717, 1.165) is 17.7 Å². The lowest BCUT2D eigenvalue weighted by Crippen LogP contribution is -2.44. The van der Waals surface area contributed by atoms with Crippen LogP contribution < -0.4 is 14.8 Å². The van der Waals surface area contributed by atoms with Gasteiger partial charge in [-0.05, 0) is 42.5 Å². The predicted molar refractivity (Wildman–Crippen MR) is 135 cm³/mol. The van der Waals surface area contributed by atoms with E-state index in [1.54, 1.807) is 31.4 Å². The van der Waals surface area contributed by atoms with E-state index in [9.17, 15) is 9.18 Å². The van der Waals surface area contributed by atoms with Crippen molar-refractivity contribution in [3.8, 4) is 11.5 Å². The highest BCUT2D eigenvalue weighted by Gasteiger charge is 2.27. The molecule has 1 fully saturated rings. The first-order chi connectivity index (χ1) is 17.0. The molecule has 1 unspecified atom stereocenters. The van der Waals surface area contributed by atoms with Crippen LogP contribution in [0.3, 0.4) is 0 Å². The van der Waals surface area contributed by atoms with Crippen LogP contribution in [0.15, 0.2) is 54.2 Å². The van der Waals surface area contributed by atoms with Gasteiger partial charge in [0.1, 0.15) is 18.2 Å². The average molecular weight is 513 g/mol. The molecule has 1 N–H and O–H groups in total. The quantitative estimate of drug-likeness (QED) is 0.345. The Morgan fingerprint density at radius 2 is 2.11 bits per heavy atom. The first kappa shape index (κ1) is 23.3. The Morgan fingerprint density at radius 1 is 1.23 bits per heavy atom. The molecule has 4 aromatic rings. The Labute approximate surface area is 210 Å². The molecule has 180 valence electrons. The molecule has 1 atom stereocenters. The molecule has 2 aromatic carbocycles. The summed E-state index contributed by atoms with van der Waals surface area (Å²) in [6.07, 6.45) is 2.83.